The zero-order chi connectivity index (χ0) is 34.0. The molecule has 7 atom stereocenters. The summed E-state index contributed by atoms with van der Waals surface area (Å²) >= 11 is 2.78. The van der Waals surface area contributed by atoms with E-state index < -0.39 is 17.8 Å². The molecule has 2 aliphatic heterocycles. The smallest absolute Gasteiger partial charge is 0.338 e. The van der Waals surface area contributed by atoms with E-state index in [1.807, 2.05) is 18.2 Å². The van der Waals surface area contributed by atoms with Crippen LogP contribution in [-0.4, -0.2) is 52.2 Å². The normalized spacial score (nSPS) is 26.2. The van der Waals surface area contributed by atoms with Crippen LogP contribution in [-0.2, 0) is 19.1 Å². The second-order valence-electron chi connectivity index (χ2n) is 12.7. The van der Waals surface area contributed by atoms with Crippen molar-refractivity contribution in [3.63, 3.8) is 0 Å². The number of anilines is 2. The van der Waals surface area contributed by atoms with Crippen LogP contribution in [0, 0.1) is 29.6 Å². The number of phenols is 1. The summed E-state index contributed by atoms with van der Waals surface area (Å²) in [4.78, 5) is 70.6. The van der Waals surface area contributed by atoms with Crippen LogP contribution >= 0.6 is 23.1 Å². The molecule has 1 aromatic heterocycles. The van der Waals surface area contributed by atoms with Gasteiger partial charge in [-0.2, -0.15) is 0 Å². The van der Waals surface area contributed by atoms with Crippen molar-refractivity contribution in [2.75, 3.05) is 23.4 Å². The highest BCUT2D eigenvalue weighted by atomic mass is 32.2. The Morgan fingerprint density at radius 2 is 1.71 bits per heavy atom. The molecule has 2 bridgehead atoms. The molecule has 11 nitrogen and oxygen atoms in total. The van der Waals surface area contributed by atoms with Gasteiger partial charge in [0.1, 0.15) is 11.5 Å². The Labute approximate surface area is 288 Å². The molecule has 4 aromatic rings. The molecule has 3 fully saturated rings. The highest BCUT2D eigenvalue weighted by molar-refractivity contribution is 8.00. The van der Waals surface area contributed by atoms with E-state index in [0.717, 1.165) is 21.9 Å². The summed E-state index contributed by atoms with van der Waals surface area (Å²) in [6, 6.07) is 20.0. The number of rotatable bonds is 8. The number of hydrogen-bond acceptors (Lipinski definition) is 10. The van der Waals surface area contributed by atoms with Gasteiger partial charge < -0.3 is 24.9 Å². The first-order valence-electron chi connectivity index (χ1n) is 16.1. The van der Waals surface area contributed by atoms with Gasteiger partial charge in [0, 0.05) is 21.7 Å². The lowest BCUT2D eigenvalue weighted by molar-refractivity contribution is -0.123. The molecule has 0 spiro atoms. The number of esters is 1. The number of aromatic amines is 1. The summed E-state index contributed by atoms with van der Waals surface area (Å²) < 4.78 is 11.0. The number of H-pyrrole nitrogens is 1. The maximum Gasteiger partial charge on any atom is 0.338 e. The van der Waals surface area contributed by atoms with Gasteiger partial charge in [0.05, 0.1) is 34.7 Å². The van der Waals surface area contributed by atoms with E-state index in [1.165, 1.54) is 28.4 Å². The van der Waals surface area contributed by atoms with Gasteiger partial charge in [0.2, 0.25) is 11.8 Å². The maximum absolute atomic E-state index is 14.1. The van der Waals surface area contributed by atoms with Gasteiger partial charge in [-0.25, -0.2) is 4.79 Å². The SMILES string of the molecule is CCOC(=O)c1ccc(N2C(=O)C3C4CC(C3C2=O)C2C4Sc3[nH]c(=O)sc3[C@@H]2c2cccc(OCC(=O)Nc3ccc(O)cc3)c2)cc1. The van der Waals surface area contributed by atoms with Gasteiger partial charge in [0.25, 0.3) is 5.91 Å². The van der Waals surface area contributed by atoms with E-state index in [9.17, 15) is 29.1 Å². The first-order valence-corrected chi connectivity index (χ1v) is 17.8. The number of carbonyl (C=O) groups excluding carboxylic acids is 4. The molecule has 1 saturated heterocycles. The number of hydrogen-bond donors (Lipinski definition) is 3. The standard InChI is InChI=1S/C36H31N3O8S2/c1-2-46-35(44)17-6-10-20(11-7-17)39-33(42)28-23-15-24(29(28)34(39)43)30-27(23)26(31-32(48-30)38-36(45)49-31)18-4-3-5-22(14-18)47-16-25(41)37-19-8-12-21(40)13-9-19/h3-14,23-24,26-30,40H,2,15-16H2,1H3,(H,37,41)(H,38,45)/t23?,24?,26-,27?,28?,29?,30?/m1/s1. The zero-order valence-corrected chi connectivity index (χ0v) is 27.8. The predicted octanol–water partition coefficient (Wildman–Crippen LogP) is 5.01. The van der Waals surface area contributed by atoms with Crippen molar-refractivity contribution < 1.29 is 33.8 Å². The number of fused-ring (bicyclic) bond motifs is 9. The molecule has 0 radical (unpaired) electrons. The Kier molecular flexibility index (Phi) is 7.83. The Bertz CT molecular complexity index is 2040. The van der Waals surface area contributed by atoms with E-state index in [-0.39, 0.29) is 70.5 Å². The number of imide groups is 1. The van der Waals surface area contributed by atoms with E-state index in [2.05, 4.69) is 10.3 Å². The summed E-state index contributed by atoms with van der Waals surface area (Å²) in [5, 5.41) is 13.0. The molecule has 2 saturated carbocycles. The van der Waals surface area contributed by atoms with Gasteiger partial charge in [0.15, 0.2) is 6.61 Å². The molecule has 4 aliphatic rings. The van der Waals surface area contributed by atoms with Crippen LogP contribution in [0.4, 0.5) is 11.4 Å². The summed E-state index contributed by atoms with van der Waals surface area (Å²) in [7, 11) is 0. The third-order valence-corrected chi connectivity index (χ3v) is 12.7. The molecule has 3 aromatic carbocycles. The Hall–Kier alpha value is -4.88. The number of carbonyl (C=O) groups is 4. The van der Waals surface area contributed by atoms with Gasteiger partial charge in [-0.1, -0.05) is 23.5 Å². The topological polar surface area (TPSA) is 155 Å². The summed E-state index contributed by atoms with van der Waals surface area (Å²) in [5.41, 5.74) is 2.23. The molecule has 3 amide bonds. The van der Waals surface area contributed by atoms with Crippen molar-refractivity contribution in [1.82, 2.24) is 4.98 Å². The number of nitrogens with zero attached hydrogens (tertiary/aromatic N) is 1. The fourth-order valence-corrected chi connectivity index (χ4v) is 11.2. The third kappa shape index (κ3) is 5.32. The monoisotopic (exact) mass is 697 g/mol. The minimum Gasteiger partial charge on any atom is -0.508 e. The number of aromatic hydroxyl groups is 1. The van der Waals surface area contributed by atoms with Gasteiger partial charge in [-0.15, -0.1) is 11.8 Å². The number of benzene rings is 3. The van der Waals surface area contributed by atoms with E-state index in [4.69, 9.17) is 9.47 Å². The lowest BCUT2D eigenvalue weighted by atomic mass is 9.68. The number of amides is 3. The van der Waals surface area contributed by atoms with E-state index in [0.29, 0.717) is 22.7 Å². The molecule has 8 rings (SSSR count). The van der Waals surface area contributed by atoms with Crippen LogP contribution in [0.1, 0.15) is 40.1 Å². The quantitative estimate of drug-likeness (QED) is 0.131. The number of phenolic OH excluding ortho intramolecular Hbond substituents is 1. The van der Waals surface area contributed by atoms with Gasteiger partial charge in [-0.05, 0) is 97.3 Å². The molecule has 250 valence electrons. The summed E-state index contributed by atoms with van der Waals surface area (Å²) in [6.07, 6.45) is 0.744. The van der Waals surface area contributed by atoms with Gasteiger partial charge >= 0.3 is 10.8 Å². The first kappa shape index (κ1) is 31.4. The van der Waals surface area contributed by atoms with E-state index >= 15 is 0 Å². The van der Waals surface area contributed by atoms with Gasteiger partial charge in [-0.3, -0.25) is 24.1 Å². The highest BCUT2D eigenvalue weighted by Crippen LogP contribution is 2.68. The third-order valence-electron chi connectivity index (χ3n) is 10.1. The van der Waals surface area contributed by atoms with Crippen LogP contribution in [0.5, 0.6) is 11.5 Å². The molecular weight excluding hydrogens is 667 g/mol. The Morgan fingerprint density at radius 3 is 2.45 bits per heavy atom. The number of thiazole rings is 1. The first-order chi connectivity index (χ1) is 23.7. The molecule has 3 heterocycles. The minimum atomic E-state index is -0.480. The second kappa shape index (κ2) is 12.2. The van der Waals surface area contributed by atoms with Crippen molar-refractivity contribution in [2.24, 2.45) is 29.6 Å². The number of ether oxygens (including phenoxy) is 2. The van der Waals surface area contributed by atoms with Crippen LogP contribution in [0.25, 0.3) is 0 Å². The van der Waals surface area contributed by atoms with Crippen molar-refractivity contribution in [3.8, 4) is 11.5 Å². The lowest BCUT2D eigenvalue weighted by Gasteiger charge is -2.43. The summed E-state index contributed by atoms with van der Waals surface area (Å²) in [5.74, 6) is -1.96. The van der Waals surface area contributed by atoms with Crippen LogP contribution in [0.15, 0.2) is 82.6 Å². The van der Waals surface area contributed by atoms with Crippen molar-refractivity contribution in [3.05, 3.63) is 98.5 Å². The highest BCUT2D eigenvalue weighted by Gasteiger charge is 2.69. The molecule has 13 heteroatoms. The Morgan fingerprint density at radius 1 is 0.980 bits per heavy atom. The summed E-state index contributed by atoms with van der Waals surface area (Å²) in [6.45, 7) is 1.74. The number of nitrogens with one attached hydrogen (secondary N) is 2. The molecule has 3 N–H and O–H groups in total. The fourth-order valence-electron chi connectivity index (χ4n) is 8.29. The minimum absolute atomic E-state index is 0.00821. The average molecular weight is 698 g/mol. The molecule has 49 heavy (non-hydrogen) atoms. The van der Waals surface area contributed by atoms with Crippen LogP contribution < -0.4 is 19.8 Å². The number of thioether (sulfide) groups is 1. The maximum atomic E-state index is 14.1. The Balaban J connectivity index is 1.06. The van der Waals surface area contributed by atoms with Crippen LogP contribution in [0.3, 0.4) is 0 Å². The predicted molar refractivity (Wildman–Crippen MR) is 182 cm³/mol. The van der Waals surface area contributed by atoms with Crippen molar-refractivity contribution >= 4 is 58.2 Å². The van der Waals surface area contributed by atoms with Crippen molar-refractivity contribution in [1.29, 1.82) is 0 Å². The number of aromatic nitrogens is 1. The van der Waals surface area contributed by atoms with Crippen molar-refractivity contribution in [2.45, 2.75) is 29.5 Å². The fraction of sp³-hybridized carbons (Fsp3) is 0.306. The average Bonchev–Trinajstić information content (AvgIpc) is 3.84. The largest absolute Gasteiger partial charge is 0.508 e. The molecular formula is C36H31N3O8S2. The van der Waals surface area contributed by atoms with Crippen LogP contribution in [0.2, 0.25) is 0 Å². The lowest BCUT2D eigenvalue weighted by Crippen LogP contribution is -2.42. The molecule has 2 aliphatic carbocycles. The molecule has 6 unspecified atom stereocenters. The van der Waals surface area contributed by atoms with E-state index in [1.54, 1.807) is 61.2 Å². The second-order valence-corrected chi connectivity index (χ2v) is 14.9. The zero-order valence-electron chi connectivity index (χ0n) is 26.2.